The predicted octanol–water partition coefficient (Wildman–Crippen LogP) is 2.68. The first-order chi connectivity index (χ1) is 9.06. The quantitative estimate of drug-likeness (QED) is 0.685. The standard InChI is InChI=1S/C13H17BrFN3O/c1-3-18(4-2)13(16)17-11-7-19-12-6-10(15)9(14)5-8(11)12/h5-6,11H,3-4,7H2,1-2H3,(H2,16,17). The van der Waals surface area contributed by atoms with Gasteiger partial charge in [0, 0.05) is 24.7 Å². The summed E-state index contributed by atoms with van der Waals surface area (Å²) in [5, 5.41) is 0. The van der Waals surface area contributed by atoms with Crippen LogP contribution in [0.2, 0.25) is 0 Å². The van der Waals surface area contributed by atoms with E-state index in [-0.39, 0.29) is 11.9 Å². The summed E-state index contributed by atoms with van der Waals surface area (Å²) in [5.74, 6) is 0.703. The van der Waals surface area contributed by atoms with Crippen LogP contribution < -0.4 is 10.5 Å². The maximum atomic E-state index is 13.4. The molecule has 1 aromatic carbocycles. The van der Waals surface area contributed by atoms with Crippen LogP contribution in [0.1, 0.15) is 25.5 Å². The number of benzene rings is 1. The van der Waals surface area contributed by atoms with Crippen LogP contribution >= 0.6 is 15.9 Å². The molecule has 1 heterocycles. The molecule has 1 aliphatic heterocycles. The molecular formula is C13H17BrFN3O. The van der Waals surface area contributed by atoms with E-state index >= 15 is 0 Å². The molecular weight excluding hydrogens is 313 g/mol. The Balaban J connectivity index is 2.27. The number of ether oxygens (including phenoxy) is 1. The molecule has 19 heavy (non-hydrogen) atoms. The van der Waals surface area contributed by atoms with Crippen LogP contribution in [0.15, 0.2) is 21.6 Å². The number of nitrogens with zero attached hydrogens (tertiary/aromatic N) is 2. The molecule has 0 saturated heterocycles. The monoisotopic (exact) mass is 329 g/mol. The van der Waals surface area contributed by atoms with Gasteiger partial charge in [-0.2, -0.15) is 0 Å². The van der Waals surface area contributed by atoms with Gasteiger partial charge in [0.15, 0.2) is 5.96 Å². The van der Waals surface area contributed by atoms with E-state index in [4.69, 9.17) is 10.5 Å². The summed E-state index contributed by atoms with van der Waals surface area (Å²) in [5.41, 5.74) is 6.84. The molecule has 1 aliphatic rings. The predicted molar refractivity (Wildman–Crippen MR) is 76.9 cm³/mol. The molecule has 6 heteroatoms. The summed E-state index contributed by atoms with van der Waals surface area (Å²) < 4.78 is 19.3. The van der Waals surface area contributed by atoms with Crippen LogP contribution in [0.25, 0.3) is 0 Å². The van der Waals surface area contributed by atoms with Crippen molar-refractivity contribution in [2.24, 2.45) is 10.7 Å². The van der Waals surface area contributed by atoms with Crippen molar-refractivity contribution >= 4 is 21.9 Å². The van der Waals surface area contributed by atoms with Crippen molar-refractivity contribution in [2.45, 2.75) is 19.9 Å². The fourth-order valence-corrected chi connectivity index (χ4v) is 2.44. The highest BCUT2D eigenvalue weighted by Gasteiger charge is 2.26. The van der Waals surface area contributed by atoms with Crippen LogP contribution in [-0.2, 0) is 0 Å². The topological polar surface area (TPSA) is 50.8 Å². The maximum absolute atomic E-state index is 13.4. The minimum Gasteiger partial charge on any atom is -0.491 e. The first-order valence-electron chi connectivity index (χ1n) is 6.26. The molecule has 0 fully saturated rings. The summed E-state index contributed by atoms with van der Waals surface area (Å²) in [4.78, 5) is 6.45. The Kier molecular flexibility index (Phi) is 4.29. The zero-order chi connectivity index (χ0) is 14.0. The van der Waals surface area contributed by atoms with E-state index in [0.29, 0.717) is 22.8 Å². The van der Waals surface area contributed by atoms with Gasteiger partial charge in [-0.15, -0.1) is 0 Å². The van der Waals surface area contributed by atoms with Gasteiger partial charge >= 0.3 is 0 Å². The van der Waals surface area contributed by atoms with E-state index in [9.17, 15) is 4.39 Å². The fraction of sp³-hybridized carbons (Fsp3) is 0.462. The molecule has 1 unspecified atom stereocenters. The largest absolute Gasteiger partial charge is 0.491 e. The van der Waals surface area contributed by atoms with E-state index < -0.39 is 0 Å². The minimum absolute atomic E-state index is 0.174. The second kappa shape index (κ2) is 5.77. The van der Waals surface area contributed by atoms with Gasteiger partial charge in [-0.1, -0.05) is 0 Å². The molecule has 1 aromatic rings. The molecule has 2 rings (SSSR count). The van der Waals surface area contributed by atoms with Crippen molar-refractivity contribution in [3.05, 3.63) is 28.0 Å². The molecule has 0 aliphatic carbocycles. The molecule has 0 aromatic heterocycles. The van der Waals surface area contributed by atoms with Gasteiger partial charge in [0.2, 0.25) is 0 Å². The van der Waals surface area contributed by atoms with Gasteiger partial charge in [0.1, 0.15) is 24.2 Å². The Bertz CT molecular complexity index is 503. The van der Waals surface area contributed by atoms with Gasteiger partial charge in [-0.3, -0.25) is 0 Å². The van der Waals surface area contributed by atoms with E-state index in [1.807, 2.05) is 18.7 Å². The third-order valence-electron chi connectivity index (χ3n) is 3.18. The van der Waals surface area contributed by atoms with Gasteiger partial charge in [-0.25, -0.2) is 9.38 Å². The number of aliphatic imine (C=N–C) groups is 1. The average molecular weight is 330 g/mol. The first-order valence-corrected chi connectivity index (χ1v) is 7.06. The molecule has 0 bridgehead atoms. The molecule has 0 spiro atoms. The van der Waals surface area contributed by atoms with Crippen LogP contribution in [0, 0.1) is 5.82 Å². The second-order valence-corrected chi connectivity index (χ2v) is 5.14. The van der Waals surface area contributed by atoms with Crippen molar-refractivity contribution in [1.82, 2.24) is 4.90 Å². The number of rotatable bonds is 3. The first kappa shape index (κ1) is 14.1. The molecule has 0 radical (unpaired) electrons. The molecule has 0 saturated carbocycles. The zero-order valence-corrected chi connectivity index (χ0v) is 12.6. The highest BCUT2D eigenvalue weighted by atomic mass is 79.9. The molecule has 104 valence electrons. The SMILES string of the molecule is CCN(CC)C(N)=NC1COc2cc(F)c(Br)cc21. The number of guanidine groups is 1. The van der Waals surface area contributed by atoms with Crippen LogP contribution in [0.5, 0.6) is 5.75 Å². The van der Waals surface area contributed by atoms with Crippen molar-refractivity contribution in [2.75, 3.05) is 19.7 Å². The highest BCUT2D eigenvalue weighted by Crippen LogP contribution is 2.37. The van der Waals surface area contributed by atoms with Gasteiger partial charge in [0.25, 0.3) is 0 Å². The third-order valence-corrected chi connectivity index (χ3v) is 3.79. The Hall–Kier alpha value is -1.30. The molecule has 4 nitrogen and oxygen atoms in total. The van der Waals surface area contributed by atoms with Gasteiger partial charge < -0.3 is 15.4 Å². The van der Waals surface area contributed by atoms with Gasteiger partial charge in [0.05, 0.1) is 4.47 Å². The fourth-order valence-electron chi connectivity index (χ4n) is 2.08. The normalized spacial score (nSPS) is 18.1. The number of hydrogen-bond acceptors (Lipinski definition) is 2. The summed E-state index contributed by atoms with van der Waals surface area (Å²) in [6, 6.07) is 2.91. The van der Waals surface area contributed by atoms with Crippen molar-refractivity contribution in [3.8, 4) is 5.75 Å². The number of halogens is 2. The van der Waals surface area contributed by atoms with Crippen molar-refractivity contribution < 1.29 is 9.13 Å². The number of fused-ring (bicyclic) bond motifs is 1. The van der Waals surface area contributed by atoms with E-state index in [0.717, 1.165) is 18.7 Å². The zero-order valence-electron chi connectivity index (χ0n) is 11.0. The third kappa shape index (κ3) is 2.83. The van der Waals surface area contributed by atoms with Crippen LogP contribution in [0.3, 0.4) is 0 Å². The number of nitrogens with two attached hydrogens (primary N) is 1. The lowest BCUT2D eigenvalue weighted by atomic mass is 10.1. The van der Waals surface area contributed by atoms with Crippen LogP contribution in [-0.4, -0.2) is 30.6 Å². The minimum atomic E-state index is -0.333. The lowest BCUT2D eigenvalue weighted by Gasteiger charge is -2.20. The van der Waals surface area contributed by atoms with Crippen molar-refractivity contribution in [3.63, 3.8) is 0 Å². The summed E-state index contributed by atoms with van der Waals surface area (Å²) in [6.07, 6.45) is 0. The molecule has 0 amide bonds. The van der Waals surface area contributed by atoms with E-state index in [2.05, 4.69) is 20.9 Å². The van der Waals surface area contributed by atoms with E-state index in [1.165, 1.54) is 6.07 Å². The average Bonchev–Trinajstić information content (AvgIpc) is 2.74. The van der Waals surface area contributed by atoms with Crippen molar-refractivity contribution in [1.29, 1.82) is 0 Å². The molecule has 1 atom stereocenters. The summed E-state index contributed by atoms with van der Waals surface area (Å²) in [7, 11) is 0. The Labute approximate surface area is 120 Å². The number of hydrogen-bond donors (Lipinski definition) is 1. The summed E-state index contributed by atoms with van der Waals surface area (Å²) >= 11 is 3.18. The lowest BCUT2D eigenvalue weighted by molar-refractivity contribution is 0.330. The highest BCUT2D eigenvalue weighted by molar-refractivity contribution is 9.10. The summed E-state index contributed by atoms with van der Waals surface area (Å²) in [6.45, 7) is 6.06. The Morgan fingerprint density at radius 2 is 2.21 bits per heavy atom. The maximum Gasteiger partial charge on any atom is 0.191 e. The van der Waals surface area contributed by atoms with E-state index in [1.54, 1.807) is 6.07 Å². The van der Waals surface area contributed by atoms with Gasteiger partial charge in [-0.05, 0) is 35.8 Å². The lowest BCUT2D eigenvalue weighted by Crippen LogP contribution is -2.37. The second-order valence-electron chi connectivity index (χ2n) is 4.29. The Morgan fingerprint density at radius 1 is 1.53 bits per heavy atom. The smallest absolute Gasteiger partial charge is 0.191 e. The molecule has 2 N–H and O–H groups in total. The van der Waals surface area contributed by atoms with Crippen LogP contribution in [0.4, 0.5) is 4.39 Å². The Morgan fingerprint density at radius 3 is 2.84 bits per heavy atom.